The lowest BCUT2D eigenvalue weighted by molar-refractivity contribution is 0.0945. The van der Waals surface area contributed by atoms with Gasteiger partial charge in [-0.15, -0.1) is 4.83 Å². The average Bonchev–Trinajstić information content (AvgIpc) is 2.61. The molecule has 2 aromatic carbocycles. The summed E-state index contributed by atoms with van der Waals surface area (Å²) in [7, 11) is -2.38. The first-order valence-electron chi connectivity index (χ1n) is 7.15. The fourth-order valence-electron chi connectivity index (χ4n) is 1.87. The number of amides is 1. The lowest BCUT2D eigenvalue weighted by atomic mass is 10.2. The van der Waals surface area contributed by atoms with Gasteiger partial charge in [-0.3, -0.25) is 10.2 Å². The number of nitrogens with one attached hydrogen (secondary N) is 2. The Kier molecular flexibility index (Phi) is 5.78. The van der Waals surface area contributed by atoms with Crippen molar-refractivity contribution >= 4 is 15.9 Å². The minimum Gasteiger partial charge on any atom is -0.497 e. The van der Waals surface area contributed by atoms with Crippen molar-refractivity contribution in [1.29, 1.82) is 0 Å². The van der Waals surface area contributed by atoms with Gasteiger partial charge in [-0.05, 0) is 55.5 Å². The number of rotatable bonds is 7. The lowest BCUT2D eigenvalue weighted by Gasteiger charge is -2.09. The Balaban J connectivity index is 2.01. The van der Waals surface area contributed by atoms with Gasteiger partial charge in [0.1, 0.15) is 11.5 Å². The smallest absolute Gasteiger partial charge is 0.266 e. The van der Waals surface area contributed by atoms with Crippen LogP contribution in [-0.2, 0) is 10.0 Å². The van der Waals surface area contributed by atoms with E-state index in [-0.39, 0.29) is 4.90 Å². The highest BCUT2D eigenvalue weighted by molar-refractivity contribution is 7.89. The zero-order valence-corrected chi connectivity index (χ0v) is 14.1. The Morgan fingerprint density at radius 3 is 2.12 bits per heavy atom. The van der Waals surface area contributed by atoms with Crippen LogP contribution in [0.2, 0.25) is 0 Å². The number of benzene rings is 2. The first-order chi connectivity index (χ1) is 11.5. The normalized spacial score (nSPS) is 10.9. The van der Waals surface area contributed by atoms with Crippen molar-refractivity contribution in [2.45, 2.75) is 11.8 Å². The summed E-state index contributed by atoms with van der Waals surface area (Å²) < 4.78 is 34.5. The topological polar surface area (TPSA) is 93.7 Å². The molecule has 1 amide bonds. The van der Waals surface area contributed by atoms with Crippen LogP contribution < -0.4 is 19.7 Å². The molecular weight excluding hydrogens is 332 g/mol. The van der Waals surface area contributed by atoms with Crippen LogP contribution in [0.5, 0.6) is 11.5 Å². The van der Waals surface area contributed by atoms with Crippen LogP contribution >= 0.6 is 0 Å². The Labute approximate surface area is 140 Å². The number of hydrazine groups is 1. The number of carbonyl (C=O) groups is 1. The van der Waals surface area contributed by atoms with Crippen LogP contribution in [0.25, 0.3) is 0 Å². The molecule has 2 N–H and O–H groups in total. The van der Waals surface area contributed by atoms with E-state index in [1.807, 2.05) is 6.92 Å². The van der Waals surface area contributed by atoms with E-state index in [9.17, 15) is 13.2 Å². The van der Waals surface area contributed by atoms with Gasteiger partial charge in [0.15, 0.2) is 0 Å². The van der Waals surface area contributed by atoms with Gasteiger partial charge in [0, 0.05) is 5.56 Å². The van der Waals surface area contributed by atoms with E-state index in [4.69, 9.17) is 9.47 Å². The van der Waals surface area contributed by atoms with Gasteiger partial charge in [-0.2, -0.15) is 0 Å². The van der Waals surface area contributed by atoms with E-state index in [2.05, 4.69) is 10.3 Å². The summed E-state index contributed by atoms with van der Waals surface area (Å²) in [4.78, 5) is 14.1. The van der Waals surface area contributed by atoms with Gasteiger partial charge < -0.3 is 9.47 Å². The quantitative estimate of drug-likeness (QED) is 0.742. The van der Waals surface area contributed by atoms with Crippen LogP contribution in [0.3, 0.4) is 0 Å². The SMILES string of the molecule is CCOc1ccc(C(=O)NNS(=O)(=O)c2ccc(OC)cc2)cc1. The summed E-state index contributed by atoms with van der Waals surface area (Å²) in [6.45, 7) is 2.38. The number of methoxy groups -OCH3 is 1. The molecule has 0 heterocycles. The van der Waals surface area contributed by atoms with Crippen molar-refractivity contribution in [3.63, 3.8) is 0 Å². The first kappa shape index (κ1) is 17.8. The van der Waals surface area contributed by atoms with Crippen LogP contribution in [0.1, 0.15) is 17.3 Å². The van der Waals surface area contributed by atoms with Crippen LogP contribution in [0, 0.1) is 0 Å². The van der Waals surface area contributed by atoms with E-state index >= 15 is 0 Å². The van der Waals surface area contributed by atoms with Crippen molar-refractivity contribution in [3.05, 3.63) is 54.1 Å². The molecule has 2 aromatic rings. The molecule has 0 aliphatic rings. The van der Waals surface area contributed by atoms with E-state index < -0.39 is 15.9 Å². The maximum atomic E-state index is 12.1. The van der Waals surface area contributed by atoms with Crippen molar-refractivity contribution < 1.29 is 22.7 Å². The molecule has 0 unspecified atom stereocenters. The molecule has 24 heavy (non-hydrogen) atoms. The molecular formula is C16H18N2O5S. The van der Waals surface area contributed by atoms with Crippen molar-refractivity contribution in [3.8, 4) is 11.5 Å². The molecule has 0 atom stereocenters. The molecule has 0 saturated carbocycles. The molecule has 0 fully saturated rings. The molecule has 0 radical (unpaired) electrons. The molecule has 7 nitrogen and oxygen atoms in total. The summed E-state index contributed by atoms with van der Waals surface area (Å²) in [5, 5.41) is 0. The predicted octanol–water partition coefficient (Wildman–Crippen LogP) is 1.72. The molecule has 0 spiro atoms. The second-order valence-corrected chi connectivity index (χ2v) is 6.37. The average molecular weight is 350 g/mol. The van der Waals surface area contributed by atoms with Crippen molar-refractivity contribution in [2.75, 3.05) is 13.7 Å². The zero-order valence-electron chi connectivity index (χ0n) is 13.3. The molecule has 0 aliphatic carbocycles. The maximum Gasteiger partial charge on any atom is 0.266 e. The zero-order chi connectivity index (χ0) is 17.6. The highest BCUT2D eigenvalue weighted by Crippen LogP contribution is 2.15. The summed E-state index contributed by atoms with van der Waals surface area (Å²) in [6, 6.07) is 12.1. The second kappa shape index (κ2) is 7.80. The van der Waals surface area contributed by atoms with E-state index in [0.29, 0.717) is 23.7 Å². The summed E-state index contributed by atoms with van der Waals surface area (Å²) >= 11 is 0. The van der Waals surface area contributed by atoms with E-state index in [1.165, 1.54) is 31.4 Å². The summed E-state index contributed by atoms with van der Waals surface area (Å²) in [5.74, 6) is 0.593. The largest absolute Gasteiger partial charge is 0.497 e. The monoisotopic (exact) mass is 350 g/mol. The number of hydrogen-bond donors (Lipinski definition) is 2. The minimum atomic E-state index is -3.87. The Hall–Kier alpha value is -2.58. The standard InChI is InChI=1S/C16H18N2O5S/c1-3-23-14-6-4-12(5-7-14)16(19)17-18-24(20,21)15-10-8-13(22-2)9-11-15/h4-11,18H,3H2,1-2H3,(H,17,19). The van der Waals surface area contributed by atoms with Crippen molar-refractivity contribution in [1.82, 2.24) is 10.3 Å². The van der Waals surface area contributed by atoms with Crippen LogP contribution in [0.15, 0.2) is 53.4 Å². The molecule has 0 aromatic heterocycles. The lowest BCUT2D eigenvalue weighted by Crippen LogP contribution is -2.41. The fraction of sp³-hybridized carbons (Fsp3) is 0.188. The van der Waals surface area contributed by atoms with Gasteiger partial charge in [-0.1, -0.05) is 0 Å². The van der Waals surface area contributed by atoms with Gasteiger partial charge in [-0.25, -0.2) is 8.42 Å². The third-order valence-electron chi connectivity index (χ3n) is 3.10. The van der Waals surface area contributed by atoms with Gasteiger partial charge >= 0.3 is 0 Å². The molecule has 8 heteroatoms. The highest BCUT2D eigenvalue weighted by Gasteiger charge is 2.15. The van der Waals surface area contributed by atoms with Gasteiger partial charge in [0.25, 0.3) is 15.9 Å². The van der Waals surface area contributed by atoms with E-state index in [0.717, 1.165) is 0 Å². The second-order valence-electron chi connectivity index (χ2n) is 4.69. The number of hydrogen-bond acceptors (Lipinski definition) is 5. The molecule has 0 saturated heterocycles. The number of ether oxygens (including phenoxy) is 2. The van der Waals surface area contributed by atoms with E-state index in [1.54, 1.807) is 24.3 Å². The van der Waals surface area contributed by atoms with Gasteiger partial charge in [0.2, 0.25) is 0 Å². The molecule has 128 valence electrons. The Bertz CT molecular complexity index is 786. The number of sulfonamides is 1. The number of carbonyl (C=O) groups excluding carboxylic acids is 1. The van der Waals surface area contributed by atoms with Crippen molar-refractivity contribution in [2.24, 2.45) is 0 Å². The molecule has 0 aliphatic heterocycles. The third-order valence-corrected chi connectivity index (χ3v) is 4.36. The third kappa shape index (κ3) is 4.46. The highest BCUT2D eigenvalue weighted by atomic mass is 32.2. The fourth-order valence-corrected chi connectivity index (χ4v) is 2.71. The molecule has 2 rings (SSSR count). The summed E-state index contributed by atoms with van der Waals surface area (Å²) in [6.07, 6.45) is 0. The summed E-state index contributed by atoms with van der Waals surface area (Å²) in [5.41, 5.74) is 2.47. The minimum absolute atomic E-state index is 0.00953. The van der Waals surface area contributed by atoms with Crippen LogP contribution in [-0.4, -0.2) is 28.0 Å². The van der Waals surface area contributed by atoms with Gasteiger partial charge in [0.05, 0.1) is 18.6 Å². The Morgan fingerprint density at radius 1 is 1.00 bits per heavy atom. The molecule has 0 bridgehead atoms. The predicted molar refractivity (Wildman–Crippen MR) is 88.4 cm³/mol. The Morgan fingerprint density at radius 2 is 1.58 bits per heavy atom. The maximum absolute atomic E-state index is 12.1. The first-order valence-corrected chi connectivity index (χ1v) is 8.63. The van der Waals surface area contributed by atoms with Crippen LogP contribution in [0.4, 0.5) is 0 Å².